The molecule has 0 saturated heterocycles. The second-order valence-corrected chi connectivity index (χ2v) is 4.90. The first-order chi connectivity index (χ1) is 8.26. The first-order valence-corrected chi connectivity index (χ1v) is 6.85. The van der Waals surface area contributed by atoms with E-state index in [2.05, 4.69) is 27.3 Å². The van der Waals surface area contributed by atoms with E-state index in [1.165, 1.54) is 6.42 Å². The van der Waals surface area contributed by atoms with Gasteiger partial charge < -0.3 is 5.32 Å². The number of aryl methyl sites for hydroxylation is 1. The van der Waals surface area contributed by atoms with Crippen LogP contribution in [0.3, 0.4) is 0 Å². The van der Waals surface area contributed by atoms with Crippen LogP contribution in [-0.2, 0) is 12.8 Å². The van der Waals surface area contributed by atoms with E-state index < -0.39 is 0 Å². The van der Waals surface area contributed by atoms with Crippen molar-refractivity contribution in [3.63, 3.8) is 0 Å². The maximum atomic E-state index is 4.54. The van der Waals surface area contributed by atoms with Crippen LogP contribution in [0.25, 0.3) is 11.0 Å². The molecule has 0 aliphatic rings. The normalized spacial score (nSPS) is 11.0. The molecule has 0 amide bonds. The van der Waals surface area contributed by atoms with Crippen molar-refractivity contribution in [3.05, 3.63) is 12.0 Å². The Balaban J connectivity index is 2.33. The lowest BCUT2D eigenvalue weighted by atomic mass is 10.4. The number of rotatable bonds is 5. The van der Waals surface area contributed by atoms with Gasteiger partial charge in [0.25, 0.3) is 0 Å². The Hall–Kier alpha value is -1.30. The van der Waals surface area contributed by atoms with E-state index in [1.54, 1.807) is 10.9 Å². The zero-order valence-electron chi connectivity index (χ0n) is 10.4. The Morgan fingerprint density at radius 1 is 1.41 bits per heavy atom. The van der Waals surface area contributed by atoms with E-state index in [-0.39, 0.29) is 0 Å². The van der Waals surface area contributed by atoms with Gasteiger partial charge in [0.05, 0.1) is 17.3 Å². The van der Waals surface area contributed by atoms with Crippen molar-refractivity contribution in [2.75, 3.05) is 18.1 Å². The van der Waals surface area contributed by atoms with Crippen molar-refractivity contribution in [3.8, 4) is 0 Å². The number of fused-ring (bicyclic) bond motifs is 1. The monoisotopic (exact) mass is 251 g/mol. The summed E-state index contributed by atoms with van der Waals surface area (Å²) < 4.78 is 1.78. The lowest BCUT2D eigenvalue weighted by molar-refractivity contribution is 0.782. The smallest absolute Gasteiger partial charge is 0.163 e. The lowest BCUT2D eigenvalue weighted by Crippen LogP contribution is -2.02. The average Bonchev–Trinajstić information content (AvgIpc) is 2.71. The molecule has 2 aromatic heterocycles. The van der Waals surface area contributed by atoms with E-state index in [0.29, 0.717) is 0 Å². The van der Waals surface area contributed by atoms with Crippen LogP contribution in [0.15, 0.2) is 6.20 Å². The highest BCUT2D eigenvalue weighted by atomic mass is 32.2. The number of hydrogen-bond acceptors (Lipinski definition) is 5. The van der Waals surface area contributed by atoms with Crippen molar-refractivity contribution in [2.45, 2.75) is 19.1 Å². The third-order valence-corrected chi connectivity index (χ3v) is 3.61. The molecular formula is C11H17N5S. The fourth-order valence-corrected chi connectivity index (χ4v) is 2.37. The van der Waals surface area contributed by atoms with Crippen LogP contribution in [0.5, 0.6) is 0 Å². The number of anilines is 1. The van der Waals surface area contributed by atoms with Gasteiger partial charge in [0.15, 0.2) is 5.65 Å². The summed E-state index contributed by atoms with van der Waals surface area (Å²) in [5.41, 5.74) is 0.886. The maximum Gasteiger partial charge on any atom is 0.163 e. The van der Waals surface area contributed by atoms with Gasteiger partial charge in [-0.05, 0) is 12.2 Å². The molecular weight excluding hydrogens is 234 g/mol. The van der Waals surface area contributed by atoms with Gasteiger partial charge >= 0.3 is 0 Å². The number of aromatic nitrogens is 4. The Labute approximate surface area is 105 Å². The van der Waals surface area contributed by atoms with Crippen LogP contribution in [-0.4, -0.2) is 32.5 Å². The second-order valence-electron chi connectivity index (χ2n) is 3.80. The number of hydrogen-bond donors (Lipinski definition) is 1. The number of nitrogens with one attached hydrogen (secondary N) is 1. The Morgan fingerprint density at radius 3 is 2.94 bits per heavy atom. The summed E-state index contributed by atoms with van der Waals surface area (Å²) in [6, 6.07) is 0. The molecule has 6 heteroatoms. The molecule has 0 unspecified atom stereocenters. The van der Waals surface area contributed by atoms with E-state index in [0.717, 1.165) is 34.2 Å². The highest BCUT2D eigenvalue weighted by molar-refractivity contribution is 7.98. The highest BCUT2D eigenvalue weighted by Gasteiger charge is 2.10. The van der Waals surface area contributed by atoms with E-state index >= 15 is 0 Å². The number of nitrogens with zero attached hydrogens (tertiary/aromatic N) is 4. The zero-order valence-corrected chi connectivity index (χ0v) is 11.2. The topological polar surface area (TPSA) is 55.6 Å². The van der Waals surface area contributed by atoms with Crippen molar-refractivity contribution in [1.29, 1.82) is 0 Å². The minimum atomic E-state index is 0.851. The molecule has 0 saturated carbocycles. The molecule has 0 fully saturated rings. The van der Waals surface area contributed by atoms with Crippen LogP contribution in [0.4, 0.5) is 5.82 Å². The fraction of sp³-hybridized carbons (Fsp3) is 0.545. The molecule has 0 aliphatic heterocycles. The van der Waals surface area contributed by atoms with E-state index in [9.17, 15) is 0 Å². The quantitative estimate of drug-likeness (QED) is 0.824. The summed E-state index contributed by atoms with van der Waals surface area (Å²) in [5, 5.41) is 8.28. The van der Waals surface area contributed by atoms with Crippen LogP contribution in [0.2, 0.25) is 0 Å². The molecule has 5 nitrogen and oxygen atoms in total. The summed E-state index contributed by atoms with van der Waals surface area (Å²) >= 11 is 1.86. The molecule has 0 bridgehead atoms. The molecule has 2 aromatic rings. The highest BCUT2D eigenvalue weighted by Crippen LogP contribution is 2.20. The standard InChI is InChI=1S/C11H17N5S/c1-4-5-17-7-9-14-10(12-2)8-6-13-16(3)11(8)15-9/h6H,4-5,7H2,1-3H3,(H,12,14,15). The minimum Gasteiger partial charge on any atom is -0.372 e. The van der Waals surface area contributed by atoms with E-state index in [4.69, 9.17) is 0 Å². The SMILES string of the molecule is CCCSCc1nc(NC)c2cnn(C)c2n1. The predicted octanol–water partition coefficient (Wildman–Crippen LogP) is 2.05. The van der Waals surface area contributed by atoms with Gasteiger partial charge in [-0.1, -0.05) is 6.92 Å². The third kappa shape index (κ3) is 2.52. The molecule has 0 atom stereocenters. The summed E-state index contributed by atoms with van der Waals surface area (Å²) in [5.74, 6) is 3.71. The molecule has 0 aromatic carbocycles. The first-order valence-electron chi connectivity index (χ1n) is 5.70. The fourth-order valence-electron chi connectivity index (χ4n) is 1.63. The molecule has 2 rings (SSSR count). The lowest BCUT2D eigenvalue weighted by Gasteiger charge is -2.05. The van der Waals surface area contributed by atoms with Gasteiger partial charge in [-0.15, -0.1) is 0 Å². The van der Waals surface area contributed by atoms with Crippen molar-refractivity contribution in [2.24, 2.45) is 7.05 Å². The van der Waals surface area contributed by atoms with Gasteiger partial charge in [-0.25, -0.2) is 9.97 Å². The summed E-state index contributed by atoms with van der Waals surface area (Å²) in [4.78, 5) is 9.05. The molecule has 17 heavy (non-hydrogen) atoms. The Morgan fingerprint density at radius 2 is 2.24 bits per heavy atom. The molecule has 0 radical (unpaired) electrons. The van der Waals surface area contributed by atoms with Gasteiger partial charge in [-0.2, -0.15) is 16.9 Å². The zero-order chi connectivity index (χ0) is 12.3. The van der Waals surface area contributed by atoms with Crippen LogP contribution < -0.4 is 5.32 Å². The predicted molar refractivity (Wildman–Crippen MR) is 72.3 cm³/mol. The second kappa shape index (κ2) is 5.35. The Kier molecular flexibility index (Phi) is 3.83. The molecule has 0 aliphatic carbocycles. The summed E-state index contributed by atoms with van der Waals surface area (Å²) in [7, 11) is 3.77. The van der Waals surface area contributed by atoms with Crippen LogP contribution in [0.1, 0.15) is 19.2 Å². The largest absolute Gasteiger partial charge is 0.372 e. The molecule has 0 spiro atoms. The molecule has 92 valence electrons. The molecule has 2 heterocycles. The van der Waals surface area contributed by atoms with Gasteiger partial charge in [0.1, 0.15) is 11.6 Å². The summed E-state index contributed by atoms with van der Waals surface area (Å²) in [6.07, 6.45) is 2.97. The van der Waals surface area contributed by atoms with Gasteiger partial charge in [-0.3, -0.25) is 4.68 Å². The number of thioether (sulfide) groups is 1. The van der Waals surface area contributed by atoms with Crippen LogP contribution >= 0.6 is 11.8 Å². The summed E-state index contributed by atoms with van der Waals surface area (Å²) in [6.45, 7) is 2.18. The van der Waals surface area contributed by atoms with Crippen LogP contribution in [0, 0.1) is 0 Å². The first kappa shape index (κ1) is 12.2. The minimum absolute atomic E-state index is 0.851. The average molecular weight is 251 g/mol. The third-order valence-electron chi connectivity index (χ3n) is 2.45. The van der Waals surface area contributed by atoms with Crippen molar-refractivity contribution < 1.29 is 0 Å². The molecule has 1 N–H and O–H groups in total. The van der Waals surface area contributed by atoms with Gasteiger partial charge in [0, 0.05) is 14.1 Å². The maximum absolute atomic E-state index is 4.54. The van der Waals surface area contributed by atoms with E-state index in [1.807, 2.05) is 25.9 Å². The Bertz CT molecular complexity index is 508. The van der Waals surface area contributed by atoms with Gasteiger partial charge in [0.2, 0.25) is 0 Å². The van der Waals surface area contributed by atoms with Crippen molar-refractivity contribution in [1.82, 2.24) is 19.7 Å². The van der Waals surface area contributed by atoms with Crippen molar-refractivity contribution >= 4 is 28.6 Å².